The van der Waals surface area contributed by atoms with Crippen LogP contribution in [0.25, 0.3) is 0 Å². The van der Waals surface area contributed by atoms with E-state index in [1.165, 1.54) is 0 Å². The molecule has 5 heteroatoms. The maximum absolute atomic E-state index is 11.0. The van der Waals surface area contributed by atoms with Crippen molar-refractivity contribution < 1.29 is 24.5 Å². The molecule has 2 N–H and O–H groups in total. The van der Waals surface area contributed by atoms with E-state index in [4.69, 9.17) is 14.9 Å². The second kappa shape index (κ2) is 6.48. The lowest BCUT2D eigenvalue weighted by atomic mass is 9.94. The molecule has 0 bridgehead atoms. The van der Waals surface area contributed by atoms with Gasteiger partial charge in [-0.3, -0.25) is 9.59 Å². The molecule has 0 aromatic carbocycles. The number of rotatable bonds is 7. The summed E-state index contributed by atoms with van der Waals surface area (Å²) < 4.78 is 5.38. The summed E-state index contributed by atoms with van der Waals surface area (Å²) in [5, 5.41) is 17.5. The monoisotopic (exact) mass is 230 g/mol. The molecule has 92 valence electrons. The Kier molecular flexibility index (Phi) is 5.25. The molecular weight excluding hydrogens is 212 g/mol. The quantitative estimate of drug-likeness (QED) is 0.692. The van der Waals surface area contributed by atoms with E-state index in [1.807, 2.05) is 0 Å². The molecule has 16 heavy (non-hydrogen) atoms. The van der Waals surface area contributed by atoms with Gasteiger partial charge in [-0.15, -0.1) is 0 Å². The molecule has 0 aliphatic carbocycles. The number of carboxylic acids is 2. The second-order valence-corrected chi connectivity index (χ2v) is 4.19. The van der Waals surface area contributed by atoms with Crippen LogP contribution in [0.4, 0.5) is 0 Å². The maximum atomic E-state index is 11.0. The zero-order chi connectivity index (χ0) is 12.0. The van der Waals surface area contributed by atoms with Gasteiger partial charge in [0.05, 0.1) is 12.0 Å². The number of carbonyl (C=O) groups is 2. The number of carboxylic acid groups (broad SMARTS) is 2. The molecule has 2 unspecified atom stereocenters. The molecule has 0 aromatic heterocycles. The Morgan fingerprint density at radius 3 is 2.62 bits per heavy atom. The first-order chi connectivity index (χ1) is 7.59. The fraction of sp³-hybridized carbons (Fsp3) is 0.818. The first kappa shape index (κ1) is 13.0. The lowest BCUT2D eigenvalue weighted by Crippen LogP contribution is -2.20. The molecule has 1 aliphatic heterocycles. The number of hydrogen-bond acceptors (Lipinski definition) is 3. The zero-order valence-electron chi connectivity index (χ0n) is 9.22. The van der Waals surface area contributed by atoms with Gasteiger partial charge in [0.1, 0.15) is 0 Å². The minimum absolute atomic E-state index is 0.0370. The summed E-state index contributed by atoms with van der Waals surface area (Å²) in [6.07, 6.45) is 3.34. The molecule has 1 rings (SSSR count). The van der Waals surface area contributed by atoms with Crippen molar-refractivity contribution in [2.24, 2.45) is 5.92 Å². The molecule has 0 amide bonds. The lowest BCUT2D eigenvalue weighted by Gasteiger charge is -2.15. The van der Waals surface area contributed by atoms with E-state index in [1.54, 1.807) is 0 Å². The van der Waals surface area contributed by atoms with Gasteiger partial charge >= 0.3 is 11.9 Å². The lowest BCUT2D eigenvalue weighted by molar-refractivity contribution is -0.144. The van der Waals surface area contributed by atoms with Crippen molar-refractivity contribution in [3.8, 4) is 0 Å². The molecule has 1 saturated heterocycles. The molecule has 1 heterocycles. The summed E-state index contributed by atoms with van der Waals surface area (Å²) in [6.45, 7) is 0.714. The van der Waals surface area contributed by atoms with E-state index < -0.39 is 17.9 Å². The minimum atomic E-state index is -0.874. The van der Waals surface area contributed by atoms with Crippen LogP contribution < -0.4 is 0 Å². The highest BCUT2D eigenvalue weighted by Crippen LogP contribution is 2.23. The number of aliphatic carboxylic acids is 2. The summed E-state index contributed by atoms with van der Waals surface area (Å²) in [7, 11) is 0. The van der Waals surface area contributed by atoms with E-state index in [2.05, 4.69) is 0 Å². The van der Waals surface area contributed by atoms with Crippen molar-refractivity contribution in [3.05, 3.63) is 0 Å². The molecule has 1 fully saturated rings. The number of hydrogen-bond donors (Lipinski definition) is 2. The Hall–Kier alpha value is -1.10. The Morgan fingerprint density at radius 1 is 1.38 bits per heavy atom. The van der Waals surface area contributed by atoms with E-state index in [0.717, 1.165) is 12.8 Å². The van der Waals surface area contributed by atoms with Crippen molar-refractivity contribution in [2.75, 3.05) is 6.61 Å². The zero-order valence-corrected chi connectivity index (χ0v) is 9.22. The van der Waals surface area contributed by atoms with Gasteiger partial charge in [-0.2, -0.15) is 0 Å². The van der Waals surface area contributed by atoms with Gasteiger partial charge < -0.3 is 14.9 Å². The normalized spacial score (nSPS) is 21.9. The molecular formula is C11H18O5. The minimum Gasteiger partial charge on any atom is -0.481 e. The largest absolute Gasteiger partial charge is 0.481 e. The van der Waals surface area contributed by atoms with E-state index in [9.17, 15) is 9.59 Å². The Labute approximate surface area is 94.4 Å². The van der Waals surface area contributed by atoms with Gasteiger partial charge in [-0.1, -0.05) is 0 Å². The van der Waals surface area contributed by atoms with Crippen molar-refractivity contribution in [1.29, 1.82) is 0 Å². The molecule has 5 nitrogen and oxygen atoms in total. The molecule has 1 aliphatic rings. The first-order valence-corrected chi connectivity index (χ1v) is 5.66. The SMILES string of the molecule is O=C(O)CCCC(CC1CCCO1)C(=O)O. The average molecular weight is 230 g/mol. The molecule has 0 spiro atoms. The molecule has 0 aromatic rings. The third-order valence-electron chi connectivity index (χ3n) is 2.86. The van der Waals surface area contributed by atoms with Crippen LogP contribution in [0.1, 0.15) is 38.5 Å². The summed E-state index contributed by atoms with van der Waals surface area (Å²) in [6, 6.07) is 0. The smallest absolute Gasteiger partial charge is 0.306 e. The van der Waals surface area contributed by atoms with E-state index in [-0.39, 0.29) is 12.5 Å². The van der Waals surface area contributed by atoms with Crippen LogP contribution in [0, 0.1) is 5.92 Å². The van der Waals surface area contributed by atoms with E-state index in [0.29, 0.717) is 25.9 Å². The highest BCUT2D eigenvalue weighted by atomic mass is 16.5. The van der Waals surface area contributed by atoms with Crippen LogP contribution in [0.5, 0.6) is 0 Å². The van der Waals surface area contributed by atoms with Crippen LogP contribution in [-0.2, 0) is 14.3 Å². The van der Waals surface area contributed by atoms with Gasteiger partial charge in [-0.05, 0) is 32.1 Å². The predicted molar refractivity (Wildman–Crippen MR) is 56.2 cm³/mol. The standard InChI is InChI=1S/C11H18O5/c12-10(13)5-1-3-8(11(14)15)7-9-4-2-6-16-9/h8-9H,1-7H2,(H,12,13)(H,14,15). The summed E-state index contributed by atoms with van der Waals surface area (Å²) >= 11 is 0. The Bertz CT molecular complexity index is 245. The van der Waals surface area contributed by atoms with Crippen LogP contribution in [0.2, 0.25) is 0 Å². The summed E-state index contributed by atoms with van der Waals surface area (Å²) in [5.41, 5.74) is 0. The van der Waals surface area contributed by atoms with Crippen molar-refractivity contribution >= 4 is 11.9 Å². The van der Waals surface area contributed by atoms with Gasteiger partial charge in [0.2, 0.25) is 0 Å². The van der Waals surface area contributed by atoms with Gasteiger partial charge in [-0.25, -0.2) is 0 Å². The second-order valence-electron chi connectivity index (χ2n) is 4.19. The van der Waals surface area contributed by atoms with Crippen molar-refractivity contribution in [3.63, 3.8) is 0 Å². The molecule has 0 radical (unpaired) electrons. The van der Waals surface area contributed by atoms with Crippen LogP contribution in [0.15, 0.2) is 0 Å². The van der Waals surface area contributed by atoms with Crippen LogP contribution >= 0.6 is 0 Å². The van der Waals surface area contributed by atoms with E-state index >= 15 is 0 Å². The third-order valence-corrected chi connectivity index (χ3v) is 2.86. The third kappa shape index (κ3) is 4.61. The molecule has 0 saturated carbocycles. The Balaban J connectivity index is 2.29. The predicted octanol–water partition coefficient (Wildman–Crippen LogP) is 1.51. The van der Waals surface area contributed by atoms with Crippen LogP contribution in [0.3, 0.4) is 0 Å². The highest BCUT2D eigenvalue weighted by Gasteiger charge is 2.25. The van der Waals surface area contributed by atoms with Crippen molar-refractivity contribution in [2.45, 2.75) is 44.6 Å². The Morgan fingerprint density at radius 2 is 2.12 bits per heavy atom. The fourth-order valence-corrected chi connectivity index (χ4v) is 1.99. The summed E-state index contributed by atoms with van der Waals surface area (Å²) in [4.78, 5) is 21.3. The highest BCUT2D eigenvalue weighted by molar-refractivity contribution is 5.70. The maximum Gasteiger partial charge on any atom is 0.306 e. The van der Waals surface area contributed by atoms with Gasteiger partial charge in [0, 0.05) is 13.0 Å². The van der Waals surface area contributed by atoms with Crippen LogP contribution in [-0.4, -0.2) is 34.9 Å². The summed E-state index contributed by atoms with van der Waals surface area (Å²) in [5.74, 6) is -2.19. The fourth-order valence-electron chi connectivity index (χ4n) is 1.99. The van der Waals surface area contributed by atoms with Crippen molar-refractivity contribution in [1.82, 2.24) is 0 Å². The van der Waals surface area contributed by atoms with Gasteiger partial charge in [0.15, 0.2) is 0 Å². The molecule has 2 atom stereocenters. The number of ether oxygens (including phenoxy) is 1. The first-order valence-electron chi connectivity index (χ1n) is 5.66. The topological polar surface area (TPSA) is 83.8 Å². The average Bonchev–Trinajstić information content (AvgIpc) is 2.68. The van der Waals surface area contributed by atoms with Gasteiger partial charge in [0.25, 0.3) is 0 Å².